The summed E-state index contributed by atoms with van der Waals surface area (Å²) in [5.41, 5.74) is 2.08. The molecule has 2 aliphatic heterocycles. The zero-order valence-electron chi connectivity index (χ0n) is 18.2. The molecule has 3 aromatic rings. The summed E-state index contributed by atoms with van der Waals surface area (Å²) in [6.07, 6.45) is 3.94. The SMILES string of the molecule is Cn1c(CCNC(=O)[C@@H]2CCCN(c3nnc(N4CCCC4=O)s3)C2)nc2ccccc21. The largest absolute Gasteiger partial charge is 0.355 e. The van der Waals surface area contributed by atoms with Gasteiger partial charge >= 0.3 is 0 Å². The van der Waals surface area contributed by atoms with Crippen molar-refractivity contribution in [2.45, 2.75) is 32.1 Å². The molecule has 10 heteroatoms. The maximum Gasteiger partial charge on any atom is 0.228 e. The Bertz CT molecular complexity index is 1140. The predicted molar refractivity (Wildman–Crippen MR) is 124 cm³/mol. The van der Waals surface area contributed by atoms with Gasteiger partial charge in [0.1, 0.15) is 5.82 Å². The third-order valence-electron chi connectivity index (χ3n) is 6.30. The molecule has 9 nitrogen and oxygen atoms in total. The summed E-state index contributed by atoms with van der Waals surface area (Å²) in [5, 5.41) is 13.1. The number of carbonyl (C=O) groups is 2. The minimum absolute atomic E-state index is 0.0768. The maximum atomic E-state index is 12.8. The van der Waals surface area contributed by atoms with Crippen LogP contribution in [-0.2, 0) is 23.1 Å². The second-order valence-corrected chi connectivity index (χ2v) is 9.35. The fourth-order valence-corrected chi connectivity index (χ4v) is 5.45. The zero-order chi connectivity index (χ0) is 22.1. The molecule has 1 N–H and O–H groups in total. The molecule has 0 aliphatic carbocycles. The predicted octanol–water partition coefficient (Wildman–Crippen LogP) is 2.13. The van der Waals surface area contributed by atoms with Crippen LogP contribution in [0.3, 0.4) is 0 Å². The third-order valence-corrected chi connectivity index (χ3v) is 7.31. The quantitative estimate of drug-likeness (QED) is 0.614. The molecule has 0 unspecified atom stereocenters. The van der Waals surface area contributed by atoms with Crippen LogP contribution in [0.15, 0.2) is 24.3 Å². The molecule has 2 saturated heterocycles. The molecule has 2 fully saturated rings. The Morgan fingerprint density at radius 1 is 1.19 bits per heavy atom. The monoisotopic (exact) mass is 453 g/mol. The maximum absolute atomic E-state index is 12.8. The number of piperidine rings is 1. The lowest BCUT2D eigenvalue weighted by molar-refractivity contribution is -0.125. The Balaban J connectivity index is 1.16. The second-order valence-electron chi connectivity index (χ2n) is 8.42. The molecule has 168 valence electrons. The Kier molecular flexibility index (Phi) is 5.77. The smallest absolute Gasteiger partial charge is 0.228 e. The number of rotatable bonds is 6. The highest BCUT2D eigenvalue weighted by molar-refractivity contribution is 7.19. The standard InChI is InChI=1S/C22H27N7O2S/c1-27-17-8-3-2-7-16(17)24-18(27)10-11-23-20(31)15-6-4-12-28(14-15)21-25-26-22(32-21)29-13-5-9-19(29)30/h2-3,7-8,15H,4-6,9-14H2,1H3,(H,23,31)/t15-/m1/s1. The number of nitrogens with zero attached hydrogens (tertiary/aromatic N) is 6. The van der Waals surface area contributed by atoms with E-state index in [1.807, 2.05) is 25.2 Å². The van der Waals surface area contributed by atoms with Gasteiger partial charge in [0.05, 0.1) is 17.0 Å². The minimum Gasteiger partial charge on any atom is -0.355 e. The number of hydrogen-bond acceptors (Lipinski definition) is 7. The van der Waals surface area contributed by atoms with Crippen molar-refractivity contribution in [2.75, 3.05) is 36.0 Å². The van der Waals surface area contributed by atoms with Gasteiger partial charge in [0.15, 0.2) is 0 Å². The first-order valence-electron chi connectivity index (χ1n) is 11.2. The van der Waals surface area contributed by atoms with E-state index >= 15 is 0 Å². The fourth-order valence-electron chi connectivity index (χ4n) is 4.52. The van der Waals surface area contributed by atoms with Gasteiger partial charge < -0.3 is 14.8 Å². The van der Waals surface area contributed by atoms with Gasteiger partial charge in [-0.1, -0.05) is 23.5 Å². The highest BCUT2D eigenvalue weighted by atomic mass is 32.1. The van der Waals surface area contributed by atoms with Crippen LogP contribution in [0, 0.1) is 5.92 Å². The van der Waals surface area contributed by atoms with Crippen LogP contribution in [0.1, 0.15) is 31.5 Å². The van der Waals surface area contributed by atoms with Gasteiger partial charge in [-0.25, -0.2) is 4.98 Å². The number of aryl methyl sites for hydroxylation is 1. The van der Waals surface area contributed by atoms with Crippen molar-refractivity contribution in [3.63, 3.8) is 0 Å². The summed E-state index contributed by atoms with van der Waals surface area (Å²) in [6.45, 7) is 2.75. The normalized spacial score (nSPS) is 19.2. The van der Waals surface area contributed by atoms with E-state index in [9.17, 15) is 9.59 Å². The highest BCUT2D eigenvalue weighted by Gasteiger charge is 2.30. The first-order chi connectivity index (χ1) is 15.6. The Morgan fingerprint density at radius 2 is 2.03 bits per heavy atom. The van der Waals surface area contributed by atoms with E-state index in [4.69, 9.17) is 0 Å². The van der Waals surface area contributed by atoms with E-state index in [0.29, 0.717) is 37.6 Å². The Morgan fingerprint density at radius 3 is 2.84 bits per heavy atom. The lowest BCUT2D eigenvalue weighted by atomic mass is 9.97. The lowest BCUT2D eigenvalue weighted by Gasteiger charge is -2.31. The van der Waals surface area contributed by atoms with Gasteiger partial charge in [-0.15, -0.1) is 10.2 Å². The first kappa shape index (κ1) is 20.9. The van der Waals surface area contributed by atoms with Crippen LogP contribution in [0.5, 0.6) is 0 Å². The van der Waals surface area contributed by atoms with Crippen LogP contribution in [0.25, 0.3) is 11.0 Å². The molecule has 4 heterocycles. The van der Waals surface area contributed by atoms with Crippen LogP contribution in [0.4, 0.5) is 10.3 Å². The molecule has 0 spiro atoms. The van der Waals surface area contributed by atoms with Gasteiger partial charge in [0.2, 0.25) is 22.1 Å². The number of anilines is 2. The molecular formula is C22H27N7O2S. The number of benzene rings is 1. The molecule has 0 radical (unpaired) electrons. The number of imidazole rings is 1. The molecule has 32 heavy (non-hydrogen) atoms. The van der Waals surface area contributed by atoms with E-state index in [2.05, 4.69) is 36.0 Å². The number of nitrogens with one attached hydrogen (secondary N) is 1. The van der Waals surface area contributed by atoms with Crippen LogP contribution >= 0.6 is 11.3 Å². The fraction of sp³-hybridized carbons (Fsp3) is 0.500. The van der Waals surface area contributed by atoms with Crippen molar-refractivity contribution in [2.24, 2.45) is 13.0 Å². The zero-order valence-corrected chi connectivity index (χ0v) is 19.0. The summed E-state index contributed by atoms with van der Waals surface area (Å²) in [6, 6.07) is 8.06. The number of fused-ring (bicyclic) bond motifs is 1. The van der Waals surface area contributed by atoms with Crippen LogP contribution in [0.2, 0.25) is 0 Å². The van der Waals surface area contributed by atoms with Crippen molar-refractivity contribution < 1.29 is 9.59 Å². The van der Waals surface area contributed by atoms with Gasteiger partial charge in [-0.2, -0.15) is 0 Å². The molecule has 5 rings (SSSR count). The molecule has 0 bridgehead atoms. The Hall–Kier alpha value is -3.01. The van der Waals surface area contributed by atoms with Gasteiger partial charge in [0.25, 0.3) is 0 Å². The van der Waals surface area contributed by atoms with Crippen molar-refractivity contribution >= 4 is 44.4 Å². The van der Waals surface area contributed by atoms with E-state index in [1.54, 1.807) is 4.90 Å². The highest BCUT2D eigenvalue weighted by Crippen LogP contribution is 2.32. The summed E-state index contributed by atoms with van der Waals surface area (Å²) in [4.78, 5) is 33.3. The Labute approximate surface area is 190 Å². The van der Waals surface area contributed by atoms with Crippen LogP contribution in [-0.4, -0.2) is 57.7 Å². The first-order valence-corrected chi connectivity index (χ1v) is 12.0. The number of aromatic nitrogens is 4. The van der Waals surface area contributed by atoms with E-state index in [1.165, 1.54) is 11.3 Å². The van der Waals surface area contributed by atoms with Crippen molar-refractivity contribution in [1.82, 2.24) is 25.1 Å². The molecule has 2 aromatic heterocycles. The third kappa shape index (κ3) is 4.06. The molecule has 1 aromatic carbocycles. The van der Waals surface area contributed by atoms with Crippen molar-refractivity contribution in [1.29, 1.82) is 0 Å². The van der Waals surface area contributed by atoms with Gasteiger partial charge in [-0.3, -0.25) is 14.5 Å². The molecule has 2 amide bonds. The molecule has 2 aliphatic rings. The average molecular weight is 454 g/mol. The van der Waals surface area contributed by atoms with Crippen molar-refractivity contribution in [3.8, 4) is 0 Å². The number of carbonyl (C=O) groups excluding carboxylic acids is 2. The lowest BCUT2D eigenvalue weighted by Crippen LogP contribution is -2.43. The van der Waals surface area contributed by atoms with Crippen molar-refractivity contribution in [3.05, 3.63) is 30.1 Å². The molecule has 1 atom stereocenters. The van der Waals surface area contributed by atoms with E-state index < -0.39 is 0 Å². The number of para-hydroxylation sites is 2. The van der Waals surface area contributed by atoms with Crippen LogP contribution < -0.4 is 15.1 Å². The summed E-state index contributed by atoms with van der Waals surface area (Å²) >= 11 is 1.44. The summed E-state index contributed by atoms with van der Waals surface area (Å²) in [5.74, 6) is 1.08. The second kappa shape index (κ2) is 8.85. The number of hydrogen-bond donors (Lipinski definition) is 1. The minimum atomic E-state index is -0.0787. The molecular weight excluding hydrogens is 426 g/mol. The van der Waals surface area contributed by atoms with E-state index in [0.717, 1.165) is 47.8 Å². The average Bonchev–Trinajstić information content (AvgIpc) is 3.53. The molecule has 0 saturated carbocycles. The van der Waals surface area contributed by atoms with Gasteiger partial charge in [-0.05, 0) is 31.4 Å². The topological polar surface area (TPSA) is 96.3 Å². The van der Waals surface area contributed by atoms with E-state index in [-0.39, 0.29) is 17.7 Å². The van der Waals surface area contributed by atoms with Gasteiger partial charge in [0, 0.05) is 46.1 Å². The summed E-state index contributed by atoms with van der Waals surface area (Å²) < 4.78 is 2.09. The summed E-state index contributed by atoms with van der Waals surface area (Å²) in [7, 11) is 2.01. The number of amides is 2.